The van der Waals surface area contributed by atoms with E-state index in [0.717, 1.165) is 16.7 Å². The van der Waals surface area contributed by atoms with Crippen LogP contribution in [0.1, 0.15) is 37.7 Å². The number of nitrogens with zero attached hydrogens (tertiary/aromatic N) is 2. The number of nitrogens with one attached hydrogen (secondary N) is 4. The third kappa shape index (κ3) is 12.0. The van der Waals surface area contributed by atoms with Crippen molar-refractivity contribution >= 4 is 29.6 Å². The minimum atomic E-state index is -0.788. The van der Waals surface area contributed by atoms with Crippen LogP contribution in [0, 0.1) is 0 Å². The highest BCUT2D eigenvalue weighted by Crippen LogP contribution is 2.19. The third-order valence-corrected chi connectivity index (χ3v) is 5.66. The predicted octanol–water partition coefficient (Wildman–Crippen LogP) is -0.470. The number of aliphatic imine (C=N–C) groups is 1. The van der Waals surface area contributed by atoms with Gasteiger partial charge in [0.25, 0.3) is 0 Å². The highest BCUT2D eigenvalue weighted by atomic mass is 16.2. The van der Waals surface area contributed by atoms with Crippen LogP contribution < -0.4 is 44.5 Å². The number of hydrazone groups is 1. The lowest BCUT2D eigenvalue weighted by Crippen LogP contribution is -2.48. The second-order valence-electron chi connectivity index (χ2n) is 8.72. The van der Waals surface area contributed by atoms with Crippen LogP contribution >= 0.6 is 0 Å². The molecule has 2 aromatic rings. The number of hydrogen-bond acceptors (Lipinski definition) is 7. The minimum absolute atomic E-state index is 0.0292. The monoisotopic (exact) mass is 538 g/mol. The Morgan fingerprint density at radius 3 is 2.15 bits per heavy atom. The Labute approximate surface area is 227 Å². The topological polar surface area (TPSA) is 228 Å². The van der Waals surface area contributed by atoms with E-state index in [1.54, 1.807) is 0 Å². The number of benzene rings is 2. The molecule has 0 aliphatic heterocycles. The molecule has 0 spiro atoms. The summed E-state index contributed by atoms with van der Waals surface area (Å²) in [5, 5.41) is 11.3. The highest BCUT2D eigenvalue weighted by Gasteiger charge is 2.21. The Morgan fingerprint density at radius 2 is 1.51 bits per heavy atom. The molecule has 2 aromatic carbocycles. The second kappa shape index (κ2) is 17.0. The van der Waals surface area contributed by atoms with Gasteiger partial charge < -0.3 is 27.9 Å². The number of carbonyl (C=O) groups is 3. The Hall–Kier alpha value is -4.65. The van der Waals surface area contributed by atoms with Crippen LogP contribution in [0.25, 0.3) is 11.1 Å². The van der Waals surface area contributed by atoms with Crippen molar-refractivity contribution in [3.05, 3.63) is 60.2 Å². The summed E-state index contributed by atoms with van der Waals surface area (Å²) in [7, 11) is 0. The fourth-order valence-corrected chi connectivity index (χ4v) is 3.66. The summed E-state index contributed by atoms with van der Waals surface area (Å²) in [6.07, 6.45) is 2.03. The molecule has 0 saturated carbocycles. The molecule has 39 heavy (non-hydrogen) atoms. The SMILES string of the molecule is N/N=C(\NN)NC(=O)CCCC(=O)NC(Cc1ccc(-c2ccccc2)cc1)C(=O)NCCCCN=C(N)N. The zero-order chi connectivity index (χ0) is 28.5. The van der Waals surface area contributed by atoms with E-state index in [0.29, 0.717) is 32.4 Å². The molecular weight excluding hydrogens is 500 g/mol. The van der Waals surface area contributed by atoms with Crippen molar-refractivity contribution in [1.82, 2.24) is 21.4 Å². The lowest BCUT2D eigenvalue weighted by Gasteiger charge is -2.19. The molecule has 12 N–H and O–H groups in total. The number of amides is 3. The maximum absolute atomic E-state index is 13.0. The molecule has 13 nitrogen and oxygen atoms in total. The van der Waals surface area contributed by atoms with E-state index >= 15 is 0 Å². The van der Waals surface area contributed by atoms with Gasteiger partial charge in [-0.2, -0.15) is 0 Å². The van der Waals surface area contributed by atoms with Crippen molar-refractivity contribution in [3.63, 3.8) is 0 Å². The van der Waals surface area contributed by atoms with E-state index in [2.05, 4.69) is 31.5 Å². The van der Waals surface area contributed by atoms with Gasteiger partial charge in [-0.05, 0) is 36.0 Å². The van der Waals surface area contributed by atoms with Crippen LogP contribution in [0.2, 0.25) is 0 Å². The van der Waals surface area contributed by atoms with E-state index in [9.17, 15) is 14.4 Å². The van der Waals surface area contributed by atoms with E-state index in [1.807, 2.05) is 54.6 Å². The maximum atomic E-state index is 13.0. The molecule has 0 bridgehead atoms. The quantitative estimate of drug-likeness (QED) is 0.0514. The molecule has 0 fully saturated rings. The van der Waals surface area contributed by atoms with Gasteiger partial charge in [0.1, 0.15) is 6.04 Å². The van der Waals surface area contributed by atoms with Gasteiger partial charge in [0.05, 0.1) is 0 Å². The Balaban J connectivity index is 1.96. The zero-order valence-corrected chi connectivity index (χ0v) is 21.9. The number of guanidine groups is 2. The van der Waals surface area contributed by atoms with E-state index in [1.165, 1.54) is 0 Å². The number of nitrogens with two attached hydrogens (primary N) is 4. The van der Waals surface area contributed by atoms with Gasteiger partial charge in [0, 0.05) is 32.4 Å². The molecule has 0 aliphatic carbocycles. The summed E-state index contributed by atoms with van der Waals surface area (Å²) < 4.78 is 0. The molecule has 0 aromatic heterocycles. The van der Waals surface area contributed by atoms with Crippen LogP contribution in [-0.4, -0.2) is 48.8 Å². The van der Waals surface area contributed by atoms with Gasteiger partial charge in [-0.3, -0.25) is 30.1 Å². The summed E-state index contributed by atoms with van der Waals surface area (Å²) in [4.78, 5) is 41.5. The number of hydrazine groups is 1. The highest BCUT2D eigenvalue weighted by molar-refractivity contribution is 5.96. The van der Waals surface area contributed by atoms with Gasteiger partial charge in [-0.25, -0.2) is 5.84 Å². The zero-order valence-electron chi connectivity index (χ0n) is 21.9. The number of rotatable bonds is 14. The minimum Gasteiger partial charge on any atom is -0.370 e. The van der Waals surface area contributed by atoms with Crippen LogP contribution in [0.5, 0.6) is 0 Å². The molecule has 0 radical (unpaired) electrons. The van der Waals surface area contributed by atoms with Crippen molar-refractivity contribution in [2.24, 2.45) is 33.2 Å². The van der Waals surface area contributed by atoms with Gasteiger partial charge >= 0.3 is 0 Å². The number of unbranched alkanes of at least 4 members (excludes halogenated alkanes) is 1. The van der Waals surface area contributed by atoms with Crippen molar-refractivity contribution in [1.29, 1.82) is 0 Å². The van der Waals surface area contributed by atoms with E-state index in [-0.39, 0.29) is 43.0 Å². The van der Waals surface area contributed by atoms with Gasteiger partial charge in [0.15, 0.2) is 5.96 Å². The lowest BCUT2D eigenvalue weighted by molar-refractivity contribution is -0.129. The molecule has 0 heterocycles. The normalized spacial score (nSPS) is 11.7. The van der Waals surface area contributed by atoms with Crippen LogP contribution in [0.15, 0.2) is 64.7 Å². The molecule has 1 atom stereocenters. The molecule has 1 unspecified atom stereocenters. The van der Waals surface area contributed by atoms with Crippen LogP contribution in [-0.2, 0) is 20.8 Å². The van der Waals surface area contributed by atoms with Crippen molar-refractivity contribution in [3.8, 4) is 11.1 Å². The fraction of sp³-hybridized carbons (Fsp3) is 0.346. The largest absolute Gasteiger partial charge is 0.370 e. The average Bonchev–Trinajstić information content (AvgIpc) is 2.93. The molecule has 2 rings (SSSR count). The molecule has 13 heteroatoms. The molecule has 3 amide bonds. The summed E-state index contributed by atoms with van der Waals surface area (Å²) in [5.41, 5.74) is 15.8. The smallest absolute Gasteiger partial charge is 0.242 e. The maximum Gasteiger partial charge on any atom is 0.242 e. The molecular formula is C26H38N10O3. The lowest BCUT2D eigenvalue weighted by atomic mass is 10.00. The van der Waals surface area contributed by atoms with Crippen LogP contribution in [0.4, 0.5) is 0 Å². The summed E-state index contributed by atoms with van der Waals surface area (Å²) in [5.74, 6) is 9.14. The first-order chi connectivity index (χ1) is 18.8. The van der Waals surface area contributed by atoms with Gasteiger partial charge in [0.2, 0.25) is 23.7 Å². The van der Waals surface area contributed by atoms with E-state index in [4.69, 9.17) is 23.2 Å². The Kier molecular flexibility index (Phi) is 13.3. The second-order valence-corrected chi connectivity index (χ2v) is 8.72. The summed E-state index contributed by atoms with van der Waals surface area (Å²) >= 11 is 0. The summed E-state index contributed by atoms with van der Waals surface area (Å²) in [6.45, 7) is 0.887. The molecule has 210 valence electrons. The standard InChI is InChI=1S/C26H38N10O3/c27-25(28)32-16-5-4-15-31-24(39)21(33-22(37)9-6-10-23(38)34-26(35-29)36-30)17-18-11-13-20(14-12-18)19-7-2-1-3-8-19/h1-3,7-8,11-14,21H,4-6,9-10,15-17,29-30H2,(H,31,39)(H,33,37)(H4,27,28,32)(H2,34,35,36,38). The number of carbonyl (C=O) groups excluding carboxylic acids is 3. The summed E-state index contributed by atoms with van der Waals surface area (Å²) in [6, 6.07) is 17.0. The van der Waals surface area contributed by atoms with Gasteiger partial charge in [-0.15, -0.1) is 5.10 Å². The molecule has 0 aliphatic rings. The number of hydrogen-bond donors (Lipinski definition) is 8. The fourth-order valence-electron chi connectivity index (χ4n) is 3.66. The first-order valence-electron chi connectivity index (χ1n) is 12.6. The van der Waals surface area contributed by atoms with Crippen molar-refractivity contribution < 1.29 is 14.4 Å². The molecule has 0 saturated heterocycles. The van der Waals surface area contributed by atoms with Crippen molar-refractivity contribution in [2.75, 3.05) is 13.1 Å². The van der Waals surface area contributed by atoms with Crippen LogP contribution in [0.3, 0.4) is 0 Å². The first-order valence-corrected chi connectivity index (χ1v) is 12.6. The average molecular weight is 539 g/mol. The van der Waals surface area contributed by atoms with Gasteiger partial charge in [-0.1, -0.05) is 54.6 Å². The predicted molar refractivity (Wildman–Crippen MR) is 151 cm³/mol. The van der Waals surface area contributed by atoms with E-state index < -0.39 is 11.9 Å². The Morgan fingerprint density at radius 1 is 0.846 bits per heavy atom. The third-order valence-electron chi connectivity index (χ3n) is 5.66. The first kappa shape index (κ1) is 30.6. The Bertz CT molecular complexity index is 1120. The van der Waals surface area contributed by atoms with Crippen molar-refractivity contribution in [2.45, 2.75) is 44.6 Å².